The van der Waals surface area contributed by atoms with Gasteiger partial charge in [-0.1, -0.05) is 17.8 Å². The molecule has 0 saturated heterocycles. The molecule has 2 rings (SSSR count). The summed E-state index contributed by atoms with van der Waals surface area (Å²) in [7, 11) is 0. The van der Waals surface area contributed by atoms with E-state index in [1.165, 1.54) is 11.8 Å². The molecule has 1 N–H and O–H groups in total. The Morgan fingerprint density at radius 2 is 2.18 bits per heavy atom. The third-order valence-electron chi connectivity index (χ3n) is 1.90. The minimum Gasteiger partial charge on any atom is -0.478 e. The summed E-state index contributed by atoms with van der Waals surface area (Å²) in [5, 5.41) is 9.71. The van der Waals surface area contributed by atoms with E-state index >= 15 is 0 Å². The van der Waals surface area contributed by atoms with Crippen molar-refractivity contribution < 1.29 is 9.90 Å². The van der Waals surface area contributed by atoms with E-state index in [4.69, 9.17) is 16.7 Å². The highest BCUT2D eigenvalue weighted by Gasteiger charge is 2.05. The maximum Gasteiger partial charge on any atom is 0.335 e. The highest BCUT2D eigenvalue weighted by Crippen LogP contribution is 2.26. The lowest BCUT2D eigenvalue weighted by molar-refractivity contribution is 0.0696. The van der Waals surface area contributed by atoms with Crippen LogP contribution in [-0.2, 0) is 0 Å². The number of carboxylic acids is 1. The molecule has 0 atom stereocenters. The predicted octanol–water partition coefficient (Wildman–Crippen LogP) is 2.98. The van der Waals surface area contributed by atoms with E-state index in [9.17, 15) is 4.79 Å². The number of carbonyl (C=O) groups is 1. The van der Waals surface area contributed by atoms with Crippen LogP contribution >= 0.6 is 23.4 Å². The van der Waals surface area contributed by atoms with E-state index in [0.717, 1.165) is 4.90 Å². The molecule has 4 nitrogen and oxygen atoms in total. The van der Waals surface area contributed by atoms with Gasteiger partial charge in [0.1, 0.15) is 5.03 Å². The van der Waals surface area contributed by atoms with Gasteiger partial charge in [0.15, 0.2) is 0 Å². The van der Waals surface area contributed by atoms with E-state index in [1.54, 1.807) is 30.5 Å². The number of hydrogen-bond donors (Lipinski definition) is 1. The van der Waals surface area contributed by atoms with Gasteiger partial charge in [0.25, 0.3) is 0 Å². The van der Waals surface area contributed by atoms with Gasteiger partial charge >= 0.3 is 5.97 Å². The van der Waals surface area contributed by atoms with Gasteiger partial charge in [0.2, 0.25) is 5.28 Å². The Hall–Kier alpha value is -1.59. The summed E-state index contributed by atoms with van der Waals surface area (Å²) < 4.78 is 0. The number of aromatic carboxylic acids is 1. The van der Waals surface area contributed by atoms with E-state index < -0.39 is 5.97 Å². The fourth-order valence-electron chi connectivity index (χ4n) is 1.19. The first kappa shape index (κ1) is 11.9. The van der Waals surface area contributed by atoms with Crippen molar-refractivity contribution in [1.82, 2.24) is 9.97 Å². The van der Waals surface area contributed by atoms with Crippen molar-refractivity contribution in [3.8, 4) is 0 Å². The van der Waals surface area contributed by atoms with Gasteiger partial charge in [0, 0.05) is 11.1 Å². The lowest BCUT2D eigenvalue weighted by Gasteiger charge is -2.01. The summed E-state index contributed by atoms with van der Waals surface area (Å²) in [5.74, 6) is -0.951. The van der Waals surface area contributed by atoms with E-state index in [1.807, 2.05) is 6.07 Å². The molecule has 86 valence electrons. The van der Waals surface area contributed by atoms with Gasteiger partial charge < -0.3 is 5.11 Å². The molecule has 0 saturated carbocycles. The molecular formula is C11H7ClN2O2S. The lowest BCUT2D eigenvalue weighted by atomic mass is 10.2. The normalized spacial score (nSPS) is 10.2. The number of benzene rings is 1. The minimum absolute atomic E-state index is 0.171. The maximum atomic E-state index is 10.8. The van der Waals surface area contributed by atoms with Crippen molar-refractivity contribution in [3.05, 3.63) is 47.4 Å². The Morgan fingerprint density at radius 1 is 1.35 bits per heavy atom. The fraction of sp³-hybridized carbons (Fsp3) is 0. The third-order valence-corrected chi connectivity index (χ3v) is 3.01. The number of nitrogens with zero attached hydrogens (tertiary/aromatic N) is 2. The van der Waals surface area contributed by atoms with Gasteiger partial charge in [0.05, 0.1) is 5.56 Å². The van der Waals surface area contributed by atoms with Crippen molar-refractivity contribution >= 4 is 29.3 Å². The summed E-state index contributed by atoms with van der Waals surface area (Å²) in [5.41, 5.74) is 0.246. The van der Waals surface area contributed by atoms with Crippen LogP contribution in [0.3, 0.4) is 0 Å². The molecule has 0 aliphatic rings. The summed E-state index contributed by atoms with van der Waals surface area (Å²) in [4.78, 5) is 19.4. The van der Waals surface area contributed by atoms with Crippen molar-refractivity contribution in [3.63, 3.8) is 0 Å². The summed E-state index contributed by atoms with van der Waals surface area (Å²) in [6.45, 7) is 0. The zero-order valence-electron chi connectivity index (χ0n) is 8.50. The average molecular weight is 267 g/mol. The molecule has 0 radical (unpaired) electrons. The second kappa shape index (κ2) is 5.16. The number of carboxylic acid groups (broad SMARTS) is 1. The molecule has 17 heavy (non-hydrogen) atoms. The Bertz CT molecular complexity index is 563. The predicted molar refractivity (Wildman–Crippen MR) is 64.6 cm³/mol. The Balaban J connectivity index is 2.24. The molecular weight excluding hydrogens is 260 g/mol. The molecule has 0 amide bonds. The molecule has 0 spiro atoms. The average Bonchev–Trinajstić information content (AvgIpc) is 2.29. The molecule has 0 unspecified atom stereocenters. The fourth-order valence-corrected chi connectivity index (χ4v) is 2.22. The summed E-state index contributed by atoms with van der Waals surface area (Å²) in [6.07, 6.45) is 1.55. The van der Waals surface area contributed by atoms with Crippen LogP contribution in [0.1, 0.15) is 10.4 Å². The molecule has 1 aromatic heterocycles. The molecule has 2 aromatic rings. The van der Waals surface area contributed by atoms with Crippen LogP contribution in [0.5, 0.6) is 0 Å². The van der Waals surface area contributed by atoms with Crippen molar-refractivity contribution in [2.75, 3.05) is 0 Å². The molecule has 1 heterocycles. The smallest absolute Gasteiger partial charge is 0.335 e. The van der Waals surface area contributed by atoms with Gasteiger partial charge in [-0.2, -0.15) is 0 Å². The van der Waals surface area contributed by atoms with Crippen LogP contribution in [-0.4, -0.2) is 21.0 Å². The number of hydrogen-bond acceptors (Lipinski definition) is 4. The van der Waals surface area contributed by atoms with Crippen LogP contribution in [0.25, 0.3) is 0 Å². The summed E-state index contributed by atoms with van der Waals surface area (Å²) >= 11 is 7.00. The first-order chi connectivity index (χ1) is 8.15. The van der Waals surface area contributed by atoms with Crippen molar-refractivity contribution in [2.45, 2.75) is 9.92 Å². The van der Waals surface area contributed by atoms with Gasteiger partial charge in [-0.05, 0) is 35.9 Å². The van der Waals surface area contributed by atoms with Gasteiger partial charge in [-0.3, -0.25) is 0 Å². The zero-order valence-corrected chi connectivity index (χ0v) is 10.1. The molecule has 0 bridgehead atoms. The maximum absolute atomic E-state index is 10.8. The lowest BCUT2D eigenvalue weighted by Crippen LogP contribution is -1.95. The third kappa shape index (κ3) is 3.18. The first-order valence-corrected chi connectivity index (χ1v) is 5.84. The van der Waals surface area contributed by atoms with E-state index in [-0.39, 0.29) is 10.8 Å². The zero-order chi connectivity index (χ0) is 12.3. The first-order valence-electron chi connectivity index (χ1n) is 4.65. The standard InChI is InChI=1S/C11H7ClN2O2S/c12-11-13-5-4-9(14-11)17-8-3-1-2-7(6-8)10(15)16/h1-6H,(H,15,16). The topological polar surface area (TPSA) is 63.1 Å². The van der Waals surface area contributed by atoms with Crippen molar-refractivity contribution in [2.24, 2.45) is 0 Å². The van der Waals surface area contributed by atoms with Gasteiger partial charge in [-0.25, -0.2) is 14.8 Å². The van der Waals surface area contributed by atoms with Crippen LogP contribution in [0.2, 0.25) is 5.28 Å². The van der Waals surface area contributed by atoms with Gasteiger partial charge in [-0.15, -0.1) is 0 Å². The monoisotopic (exact) mass is 266 g/mol. The highest BCUT2D eigenvalue weighted by molar-refractivity contribution is 7.99. The highest BCUT2D eigenvalue weighted by atomic mass is 35.5. The second-order valence-electron chi connectivity index (χ2n) is 3.10. The van der Waals surface area contributed by atoms with Crippen LogP contribution in [0, 0.1) is 0 Å². The Labute approximate surface area is 107 Å². The molecule has 0 aliphatic heterocycles. The molecule has 0 fully saturated rings. The largest absolute Gasteiger partial charge is 0.478 e. The van der Waals surface area contributed by atoms with E-state index in [0.29, 0.717) is 5.03 Å². The van der Waals surface area contributed by atoms with Crippen LogP contribution in [0.4, 0.5) is 0 Å². The summed E-state index contributed by atoms with van der Waals surface area (Å²) in [6, 6.07) is 8.34. The van der Waals surface area contributed by atoms with Crippen molar-refractivity contribution in [1.29, 1.82) is 0 Å². The van der Waals surface area contributed by atoms with Crippen LogP contribution in [0.15, 0.2) is 46.5 Å². The molecule has 6 heteroatoms. The second-order valence-corrected chi connectivity index (χ2v) is 4.53. The Kier molecular flexibility index (Phi) is 3.61. The number of rotatable bonds is 3. The molecule has 1 aromatic carbocycles. The SMILES string of the molecule is O=C(O)c1cccc(Sc2ccnc(Cl)n2)c1. The van der Waals surface area contributed by atoms with E-state index in [2.05, 4.69) is 9.97 Å². The number of halogens is 1. The number of aromatic nitrogens is 2. The quantitative estimate of drug-likeness (QED) is 0.683. The van der Waals surface area contributed by atoms with Crippen LogP contribution < -0.4 is 0 Å². The molecule has 0 aliphatic carbocycles. The Morgan fingerprint density at radius 3 is 2.88 bits per heavy atom. The minimum atomic E-state index is -0.951.